The number of thiophene rings is 1. The van der Waals surface area contributed by atoms with E-state index in [4.69, 9.17) is 4.74 Å². The van der Waals surface area contributed by atoms with E-state index in [-0.39, 0.29) is 18.3 Å². The number of benzene rings is 3. The van der Waals surface area contributed by atoms with E-state index in [9.17, 15) is 10.1 Å². The Balaban J connectivity index is 0.00000267. The first-order valence-corrected chi connectivity index (χ1v) is 12.5. The lowest BCUT2D eigenvalue weighted by Crippen LogP contribution is -2.29. The van der Waals surface area contributed by atoms with Crippen molar-refractivity contribution in [2.24, 2.45) is 0 Å². The van der Waals surface area contributed by atoms with Gasteiger partial charge in [0.2, 0.25) is 5.91 Å². The van der Waals surface area contributed by atoms with Crippen LogP contribution in [-0.2, 0) is 24.3 Å². The molecule has 0 saturated carbocycles. The number of carbonyl (C=O) groups is 1. The average Bonchev–Trinajstić information content (AvgIpc) is 3.23. The fourth-order valence-electron chi connectivity index (χ4n) is 5.02. The number of para-hydroxylation sites is 2. The maximum atomic E-state index is 13.7. The minimum absolute atomic E-state index is 0. The topological polar surface area (TPSA) is 65.4 Å². The molecule has 0 saturated heterocycles. The summed E-state index contributed by atoms with van der Waals surface area (Å²) in [6.45, 7) is 2.54. The number of anilines is 1. The number of nitrogens with one attached hydrogen (secondary N) is 1. The maximum absolute atomic E-state index is 13.7. The second-order valence-electron chi connectivity index (χ2n) is 8.87. The molecule has 180 valence electrons. The summed E-state index contributed by atoms with van der Waals surface area (Å²) < 4.78 is 6.04. The fourth-order valence-corrected chi connectivity index (χ4v) is 6.26. The minimum atomic E-state index is -0.503. The van der Waals surface area contributed by atoms with Crippen LogP contribution in [-0.4, -0.2) is 17.4 Å². The highest BCUT2D eigenvalue weighted by Crippen LogP contribution is 2.45. The van der Waals surface area contributed by atoms with Crippen LogP contribution in [0.5, 0.6) is 11.5 Å². The van der Waals surface area contributed by atoms with E-state index in [1.54, 1.807) is 0 Å². The number of ether oxygens (including phenoxy) is 1. The molecule has 3 heterocycles. The van der Waals surface area contributed by atoms with Crippen LogP contribution >= 0.6 is 23.7 Å². The van der Waals surface area contributed by atoms with Crippen molar-refractivity contribution in [2.75, 3.05) is 11.9 Å². The quantitative estimate of drug-likeness (QED) is 0.339. The number of carbonyl (C=O) groups excluding carboxylic acids is 1. The first-order chi connectivity index (χ1) is 17.2. The predicted molar refractivity (Wildman–Crippen MR) is 144 cm³/mol. The molecule has 3 aromatic carbocycles. The van der Waals surface area contributed by atoms with Crippen molar-refractivity contribution in [1.29, 1.82) is 5.26 Å². The van der Waals surface area contributed by atoms with Crippen LogP contribution in [0.1, 0.15) is 38.6 Å². The molecule has 0 fully saturated rings. The van der Waals surface area contributed by atoms with Gasteiger partial charge in [0.05, 0.1) is 11.5 Å². The molecule has 4 aromatic rings. The molecule has 2 aliphatic rings. The van der Waals surface area contributed by atoms with E-state index >= 15 is 0 Å². The standard InChI is InChI=1S/C29H23N3O2S.ClH/c30-16-23-20-14-15-32(17-19-8-2-1-3-9-19)18-26(20)35-29(23)31-28(33)27-21-10-4-6-12-24(21)34-25-13-7-5-11-22(25)27;/h1-13,27H,14-15,17-18H2,(H,31,33);1H. The lowest BCUT2D eigenvalue weighted by molar-refractivity contribution is -0.116. The van der Waals surface area contributed by atoms with Gasteiger partial charge in [0, 0.05) is 35.6 Å². The summed E-state index contributed by atoms with van der Waals surface area (Å²) in [6, 6.07) is 28.1. The molecule has 36 heavy (non-hydrogen) atoms. The Hall–Kier alpha value is -3.63. The zero-order chi connectivity index (χ0) is 23.8. The van der Waals surface area contributed by atoms with Gasteiger partial charge in [-0.05, 0) is 29.7 Å². The Morgan fingerprint density at radius 2 is 1.64 bits per heavy atom. The summed E-state index contributed by atoms with van der Waals surface area (Å²) in [6.07, 6.45) is 0.806. The van der Waals surface area contributed by atoms with E-state index in [0.717, 1.165) is 47.6 Å². The van der Waals surface area contributed by atoms with Gasteiger partial charge in [0.15, 0.2) is 0 Å². The predicted octanol–water partition coefficient (Wildman–Crippen LogP) is 6.48. The van der Waals surface area contributed by atoms with Crippen molar-refractivity contribution < 1.29 is 9.53 Å². The van der Waals surface area contributed by atoms with Crippen molar-refractivity contribution in [1.82, 2.24) is 4.90 Å². The van der Waals surface area contributed by atoms with Crippen LogP contribution in [0.2, 0.25) is 0 Å². The molecular formula is C29H24ClN3O2S. The van der Waals surface area contributed by atoms with Crippen molar-refractivity contribution in [2.45, 2.75) is 25.4 Å². The number of halogens is 1. The molecule has 0 spiro atoms. The number of fused-ring (bicyclic) bond motifs is 3. The molecule has 5 nitrogen and oxygen atoms in total. The van der Waals surface area contributed by atoms with Crippen LogP contribution in [0, 0.1) is 11.3 Å². The molecule has 1 aromatic heterocycles. The van der Waals surface area contributed by atoms with Gasteiger partial charge in [0.25, 0.3) is 0 Å². The Bertz CT molecular complexity index is 1420. The molecule has 1 N–H and O–H groups in total. The Kier molecular flexibility index (Phi) is 6.80. The third-order valence-electron chi connectivity index (χ3n) is 6.68. The molecule has 1 amide bonds. The zero-order valence-corrected chi connectivity index (χ0v) is 21.1. The Morgan fingerprint density at radius 3 is 2.31 bits per heavy atom. The van der Waals surface area contributed by atoms with Gasteiger partial charge in [-0.15, -0.1) is 23.7 Å². The van der Waals surface area contributed by atoms with Crippen molar-refractivity contribution >= 4 is 34.7 Å². The molecular weight excluding hydrogens is 490 g/mol. The number of nitrogens with zero attached hydrogens (tertiary/aromatic N) is 2. The molecule has 6 rings (SSSR count). The molecule has 0 unspecified atom stereocenters. The first-order valence-electron chi connectivity index (χ1n) is 11.7. The lowest BCUT2D eigenvalue weighted by atomic mass is 9.87. The normalized spacial score (nSPS) is 14.3. The van der Waals surface area contributed by atoms with E-state index in [1.807, 2.05) is 54.6 Å². The van der Waals surface area contributed by atoms with Crippen LogP contribution < -0.4 is 10.1 Å². The van der Waals surface area contributed by atoms with Gasteiger partial charge in [-0.25, -0.2) is 0 Å². The lowest BCUT2D eigenvalue weighted by Gasteiger charge is -2.27. The first kappa shape index (κ1) is 24.1. The van der Waals surface area contributed by atoms with Gasteiger partial charge in [-0.1, -0.05) is 66.7 Å². The SMILES string of the molecule is Cl.N#Cc1c(NC(=O)C2c3ccccc3Oc3ccccc32)sc2c1CCN(Cc1ccccc1)C2. The van der Waals surface area contributed by atoms with E-state index in [1.165, 1.54) is 16.9 Å². The highest BCUT2D eigenvalue weighted by Gasteiger charge is 2.34. The van der Waals surface area contributed by atoms with Gasteiger partial charge in [-0.3, -0.25) is 9.69 Å². The summed E-state index contributed by atoms with van der Waals surface area (Å²) in [5.74, 6) is 0.726. The second-order valence-corrected chi connectivity index (χ2v) is 9.97. The second kappa shape index (κ2) is 10.2. The highest BCUT2D eigenvalue weighted by atomic mass is 35.5. The zero-order valence-electron chi connectivity index (χ0n) is 19.4. The number of hydrogen-bond donors (Lipinski definition) is 1. The Morgan fingerprint density at radius 1 is 1.00 bits per heavy atom. The number of rotatable bonds is 4. The molecule has 7 heteroatoms. The van der Waals surface area contributed by atoms with Gasteiger partial charge >= 0.3 is 0 Å². The number of nitriles is 1. The summed E-state index contributed by atoms with van der Waals surface area (Å²) >= 11 is 1.53. The third-order valence-corrected chi connectivity index (χ3v) is 7.81. The smallest absolute Gasteiger partial charge is 0.237 e. The summed E-state index contributed by atoms with van der Waals surface area (Å²) in [7, 11) is 0. The largest absolute Gasteiger partial charge is 0.457 e. The monoisotopic (exact) mass is 513 g/mol. The van der Waals surface area contributed by atoms with Crippen LogP contribution in [0.15, 0.2) is 78.9 Å². The maximum Gasteiger partial charge on any atom is 0.237 e. The van der Waals surface area contributed by atoms with Gasteiger partial charge in [0.1, 0.15) is 22.6 Å². The van der Waals surface area contributed by atoms with Gasteiger partial charge < -0.3 is 10.1 Å². The van der Waals surface area contributed by atoms with Crippen molar-refractivity contribution in [3.05, 3.63) is 112 Å². The third kappa shape index (κ3) is 4.38. The van der Waals surface area contributed by atoms with Crippen molar-refractivity contribution in [3.63, 3.8) is 0 Å². The van der Waals surface area contributed by atoms with Crippen LogP contribution in [0.3, 0.4) is 0 Å². The summed E-state index contributed by atoms with van der Waals surface area (Å²) in [5.41, 5.74) is 4.62. The highest BCUT2D eigenvalue weighted by molar-refractivity contribution is 7.16. The minimum Gasteiger partial charge on any atom is -0.457 e. The summed E-state index contributed by atoms with van der Waals surface area (Å²) in [4.78, 5) is 17.3. The molecule has 0 bridgehead atoms. The molecule has 0 radical (unpaired) electrons. The van der Waals surface area contributed by atoms with E-state index in [0.29, 0.717) is 22.1 Å². The molecule has 0 atom stereocenters. The number of amides is 1. The van der Waals surface area contributed by atoms with Crippen LogP contribution in [0.4, 0.5) is 5.00 Å². The number of hydrogen-bond acceptors (Lipinski definition) is 5. The van der Waals surface area contributed by atoms with Crippen molar-refractivity contribution in [3.8, 4) is 17.6 Å². The average molecular weight is 514 g/mol. The summed E-state index contributed by atoms with van der Waals surface area (Å²) in [5, 5.41) is 13.7. The van der Waals surface area contributed by atoms with E-state index < -0.39 is 5.92 Å². The Labute approximate surface area is 220 Å². The van der Waals surface area contributed by atoms with Crippen LogP contribution in [0.25, 0.3) is 0 Å². The fraction of sp³-hybridized carbons (Fsp3) is 0.172. The van der Waals surface area contributed by atoms with E-state index in [2.05, 4.69) is 40.6 Å². The molecule has 0 aliphatic carbocycles. The molecule has 2 aliphatic heterocycles. The van der Waals surface area contributed by atoms with Gasteiger partial charge in [-0.2, -0.15) is 5.26 Å².